The largest absolute Gasteiger partial charge is 0.493 e. The van der Waals surface area contributed by atoms with Crippen molar-refractivity contribution in [3.05, 3.63) is 58.6 Å². The van der Waals surface area contributed by atoms with Gasteiger partial charge in [0, 0.05) is 18.1 Å². The first-order valence-corrected chi connectivity index (χ1v) is 7.36. The SMILES string of the molecule is CCOc1ccc(CNCc2ccccc2Cl)cc1OC.Cl. The van der Waals surface area contributed by atoms with Gasteiger partial charge in [0.2, 0.25) is 0 Å². The molecule has 0 aliphatic carbocycles. The minimum absolute atomic E-state index is 0. The molecule has 0 aliphatic rings. The molecule has 0 heterocycles. The molecule has 3 nitrogen and oxygen atoms in total. The molecule has 1 N–H and O–H groups in total. The zero-order chi connectivity index (χ0) is 15.1. The summed E-state index contributed by atoms with van der Waals surface area (Å²) in [7, 11) is 1.65. The first-order chi connectivity index (χ1) is 10.2. The highest BCUT2D eigenvalue weighted by molar-refractivity contribution is 6.31. The van der Waals surface area contributed by atoms with Crippen molar-refractivity contribution in [1.29, 1.82) is 0 Å². The van der Waals surface area contributed by atoms with Crippen LogP contribution in [0, 0.1) is 0 Å². The summed E-state index contributed by atoms with van der Waals surface area (Å²) < 4.78 is 10.9. The normalized spacial score (nSPS) is 9.95. The number of ether oxygens (including phenoxy) is 2. The van der Waals surface area contributed by atoms with E-state index in [1.54, 1.807) is 7.11 Å². The van der Waals surface area contributed by atoms with Crippen molar-refractivity contribution < 1.29 is 9.47 Å². The number of hydrogen-bond donors (Lipinski definition) is 1. The lowest BCUT2D eigenvalue weighted by Gasteiger charge is -2.12. The van der Waals surface area contributed by atoms with Crippen LogP contribution in [0.2, 0.25) is 5.02 Å². The van der Waals surface area contributed by atoms with Crippen LogP contribution in [-0.4, -0.2) is 13.7 Å². The summed E-state index contributed by atoms with van der Waals surface area (Å²) in [6.07, 6.45) is 0. The van der Waals surface area contributed by atoms with Gasteiger partial charge >= 0.3 is 0 Å². The Balaban J connectivity index is 0.00000242. The summed E-state index contributed by atoms with van der Waals surface area (Å²) in [5, 5.41) is 4.17. The Hall–Kier alpha value is -1.42. The van der Waals surface area contributed by atoms with E-state index in [9.17, 15) is 0 Å². The van der Waals surface area contributed by atoms with Crippen molar-refractivity contribution >= 4 is 24.0 Å². The minimum atomic E-state index is 0. The molecule has 0 unspecified atom stereocenters. The molecule has 0 saturated heterocycles. The van der Waals surface area contributed by atoms with Crippen LogP contribution in [0.25, 0.3) is 0 Å². The second-order valence-corrected chi connectivity index (χ2v) is 5.02. The van der Waals surface area contributed by atoms with Gasteiger partial charge < -0.3 is 14.8 Å². The molecule has 2 aromatic rings. The lowest BCUT2D eigenvalue weighted by molar-refractivity contribution is 0.310. The fraction of sp³-hybridized carbons (Fsp3) is 0.294. The predicted octanol–water partition coefficient (Wildman–Crippen LogP) is 4.46. The maximum Gasteiger partial charge on any atom is 0.161 e. The van der Waals surface area contributed by atoms with E-state index >= 15 is 0 Å². The fourth-order valence-electron chi connectivity index (χ4n) is 2.08. The van der Waals surface area contributed by atoms with E-state index < -0.39 is 0 Å². The maximum absolute atomic E-state index is 6.13. The molecular formula is C17H21Cl2NO2. The number of rotatable bonds is 7. The van der Waals surface area contributed by atoms with E-state index in [1.165, 1.54) is 0 Å². The summed E-state index contributed by atoms with van der Waals surface area (Å²) in [4.78, 5) is 0. The number of methoxy groups -OCH3 is 1. The lowest BCUT2D eigenvalue weighted by Crippen LogP contribution is -2.13. The maximum atomic E-state index is 6.13. The van der Waals surface area contributed by atoms with Crippen LogP contribution in [0.3, 0.4) is 0 Å². The third-order valence-corrected chi connectivity index (χ3v) is 3.50. The molecule has 0 bridgehead atoms. The Bertz CT molecular complexity index is 591. The number of nitrogens with one attached hydrogen (secondary N) is 1. The van der Waals surface area contributed by atoms with Gasteiger partial charge in [0.1, 0.15) is 0 Å². The monoisotopic (exact) mass is 341 g/mol. The van der Waals surface area contributed by atoms with Gasteiger partial charge in [0.15, 0.2) is 11.5 Å². The molecule has 0 spiro atoms. The van der Waals surface area contributed by atoms with Gasteiger partial charge in [-0.25, -0.2) is 0 Å². The van der Waals surface area contributed by atoms with Crippen molar-refractivity contribution in [2.75, 3.05) is 13.7 Å². The molecule has 2 aromatic carbocycles. The average Bonchev–Trinajstić information content (AvgIpc) is 2.51. The van der Waals surface area contributed by atoms with Gasteiger partial charge in [-0.05, 0) is 36.2 Å². The van der Waals surface area contributed by atoms with Crippen LogP contribution in [0.1, 0.15) is 18.1 Å². The molecule has 0 aliphatic heterocycles. The van der Waals surface area contributed by atoms with Gasteiger partial charge in [-0.2, -0.15) is 0 Å². The van der Waals surface area contributed by atoms with E-state index in [4.69, 9.17) is 21.1 Å². The quantitative estimate of drug-likeness (QED) is 0.806. The molecule has 0 saturated carbocycles. The second-order valence-electron chi connectivity index (χ2n) is 4.61. The summed E-state index contributed by atoms with van der Waals surface area (Å²) in [5.41, 5.74) is 2.24. The highest BCUT2D eigenvalue weighted by Gasteiger charge is 2.05. The van der Waals surface area contributed by atoms with Crippen molar-refractivity contribution in [3.8, 4) is 11.5 Å². The predicted molar refractivity (Wildman–Crippen MR) is 93.4 cm³/mol. The van der Waals surface area contributed by atoms with E-state index in [2.05, 4.69) is 5.32 Å². The molecule has 5 heteroatoms. The minimum Gasteiger partial charge on any atom is -0.493 e. The smallest absolute Gasteiger partial charge is 0.161 e. The molecule has 2 rings (SSSR count). The van der Waals surface area contributed by atoms with Crippen molar-refractivity contribution in [2.45, 2.75) is 20.0 Å². The van der Waals surface area contributed by atoms with Gasteiger partial charge in [-0.3, -0.25) is 0 Å². The standard InChI is InChI=1S/C17H20ClNO2.ClH/c1-3-21-16-9-8-13(10-17(16)20-2)11-19-12-14-6-4-5-7-15(14)18;/h4-10,19H,3,11-12H2,1-2H3;1H. The Morgan fingerprint density at radius 3 is 2.50 bits per heavy atom. The third-order valence-electron chi connectivity index (χ3n) is 3.13. The molecule has 22 heavy (non-hydrogen) atoms. The van der Waals surface area contributed by atoms with E-state index in [0.717, 1.165) is 40.7 Å². The van der Waals surface area contributed by atoms with Crippen molar-refractivity contribution in [1.82, 2.24) is 5.32 Å². The highest BCUT2D eigenvalue weighted by atomic mass is 35.5. The van der Waals surface area contributed by atoms with E-state index in [-0.39, 0.29) is 12.4 Å². The summed E-state index contributed by atoms with van der Waals surface area (Å²) in [6, 6.07) is 13.8. The Kier molecular flexibility index (Phi) is 8.10. The van der Waals surface area contributed by atoms with Crippen LogP contribution in [0.5, 0.6) is 11.5 Å². The molecule has 120 valence electrons. The van der Waals surface area contributed by atoms with Crippen LogP contribution in [0.4, 0.5) is 0 Å². The Morgan fingerprint density at radius 2 is 1.82 bits per heavy atom. The van der Waals surface area contributed by atoms with Crippen molar-refractivity contribution in [2.24, 2.45) is 0 Å². The molecular weight excluding hydrogens is 321 g/mol. The summed E-state index contributed by atoms with van der Waals surface area (Å²) >= 11 is 6.13. The fourth-order valence-corrected chi connectivity index (χ4v) is 2.28. The van der Waals surface area contributed by atoms with E-state index in [0.29, 0.717) is 6.61 Å². The van der Waals surface area contributed by atoms with Crippen LogP contribution >= 0.6 is 24.0 Å². The van der Waals surface area contributed by atoms with Gasteiger partial charge in [-0.15, -0.1) is 12.4 Å². The summed E-state index contributed by atoms with van der Waals surface area (Å²) in [6.45, 7) is 4.06. The Labute approximate surface area is 143 Å². The van der Waals surface area contributed by atoms with E-state index in [1.807, 2.05) is 49.4 Å². The van der Waals surface area contributed by atoms with Crippen LogP contribution < -0.4 is 14.8 Å². The Morgan fingerprint density at radius 1 is 1.05 bits per heavy atom. The van der Waals surface area contributed by atoms with Gasteiger partial charge in [-0.1, -0.05) is 35.9 Å². The van der Waals surface area contributed by atoms with Crippen LogP contribution in [-0.2, 0) is 13.1 Å². The zero-order valence-electron chi connectivity index (χ0n) is 12.8. The molecule has 0 radical (unpaired) electrons. The van der Waals surface area contributed by atoms with Crippen LogP contribution in [0.15, 0.2) is 42.5 Å². The second kappa shape index (κ2) is 9.57. The van der Waals surface area contributed by atoms with Crippen molar-refractivity contribution in [3.63, 3.8) is 0 Å². The van der Waals surface area contributed by atoms with Gasteiger partial charge in [0.25, 0.3) is 0 Å². The molecule has 0 atom stereocenters. The molecule has 0 fully saturated rings. The number of halogens is 2. The number of benzene rings is 2. The third kappa shape index (κ3) is 5.09. The highest BCUT2D eigenvalue weighted by Crippen LogP contribution is 2.28. The molecule has 0 amide bonds. The average molecular weight is 342 g/mol. The summed E-state index contributed by atoms with van der Waals surface area (Å²) in [5.74, 6) is 1.53. The lowest BCUT2D eigenvalue weighted by atomic mass is 10.2. The topological polar surface area (TPSA) is 30.5 Å². The molecule has 0 aromatic heterocycles. The zero-order valence-corrected chi connectivity index (χ0v) is 14.3. The van der Waals surface area contributed by atoms with Gasteiger partial charge in [0.05, 0.1) is 13.7 Å². The number of hydrogen-bond acceptors (Lipinski definition) is 3. The first-order valence-electron chi connectivity index (χ1n) is 6.98. The first kappa shape index (κ1) is 18.6.